The number of ether oxygens (including phenoxy) is 2. The number of nitrogens with zero attached hydrogens (tertiary/aromatic N) is 1. The maximum Gasteiger partial charge on any atom is 0.275 e. The third kappa shape index (κ3) is 3.17. The van der Waals surface area contributed by atoms with Gasteiger partial charge in [-0.15, -0.1) is 0 Å². The van der Waals surface area contributed by atoms with E-state index in [1.807, 2.05) is 12.1 Å². The molecule has 0 unspecified atom stereocenters. The van der Waals surface area contributed by atoms with Crippen LogP contribution in [0.15, 0.2) is 41.6 Å². The van der Waals surface area contributed by atoms with Crippen LogP contribution in [0.1, 0.15) is 16.1 Å². The van der Waals surface area contributed by atoms with Crippen molar-refractivity contribution < 1.29 is 14.3 Å². The van der Waals surface area contributed by atoms with E-state index < -0.39 is 0 Å². The normalized spacial score (nSPS) is 10.5. The van der Waals surface area contributed by atoms with Crippen molar-refractivity contribution in [3.05, 3.63) is 47.8 Å². The first-order valence-electron chi connectivity index (χ1n) is 5.93. The van der Waals surface area contributed by atoms with E-state index in [2.05, 4.69) is 15.5 Å². The van der Waals surface area contributed by atoms with Gasteiger partial charge in [-0.25, -0.2) is 5.43 Å². The van der Waals surface area contributed by atoms with Gasteiger partial charge < -0.3 is 14.5 Å². The molecule has 0 atom stereocenters. The maximum atomic E-state index is 12.0. The SMILES string of the molecule is COc1ccc(C(=O)N/N=C\c2ccc[nH]2)c(OC)c1. The van der Waals surface area contributed by atoms with Gasteiger partial charge in [-0.05, 0) is 24.3 Å². The molecule has 1 aromatic heterocycles. The number of rotatable bonds is 5. The highest BCUT2D eigenvalue weighted by Crippen LogP contribution is 2.24. The number of carbonyl (C=O) groups excluding carboxylic acids is 1. The number of hydrogen-bond donors (Lipinski definition) is 2. The Kier molecular flexibility index (Phi) is 4.39. The summed E-state index contributed by atoms with van der Waals surface area (Å²) in [6.45, 7) is 0. The van der Waals surface area contributed by atoms with E-state index >= 15 is 0 Å². The topological polar surface area (TPSA) is 75.7 Å². The first-order valence-corrected chi connectivity index (χ1v) is 5.93. The van der Waals surface area contributed by atoms with Gasteiger partial charge in [-0.3, -0.25) is 4.79 Å². The molecule has 20 heavy (non-hydrogen) atoms. The molecule has 6 heteroatoms. The molecule has 0 aliphatic carbocycles. The largest absolute Gasteiger partial charge is 0.497 e. The lowest BCUT2D eigenvalue weighted by atomic mass is 10.2. The lowest BCUT2D eigenvalue weighted by Gasteiger charge is -2.08. The van der Waals surface area contributed by atoms with Gasteiger partial charge in [0.15, 0.2) is 0 Å². The van der Waals surface area contributed by atoms with Crippen LogP contribution in [0.5, 0.6) is 11.5 Å². The van der Waals surface area contributed by atoms with Gasteiger partial charge >= 0.3 is 0 Å². The van der Waals surface area contributed by atoms with Gasteiger partial charge in [0.25, 0.3) is 5.91 Å². The van der Waals surface area contributed by atoms with Crippen molar-refractivity contribution in [2.45, 2.75) is 0 Å². The Labute approximate surface area is 116 Å². The highest BCUT2D eigenvalue weighted by Gasteiger charge is 2.12. The molecule has 1 heterocycles. The number of methoxy groups -OCH3 is 2. The van der Waals surface area contributed by atoms with Gasteiger partial charge in [-0.2, -0.15) is 5.10 Å². The molecule has 0 aliphatic heterocycles. The molecule has 1 aromatic carbocycles. The predicted octanol–water partition coefficient (Wildman–Crippen LogP) is 1.80. The minimum Gasteiger partial charge on any atom is -0.497 e. The van der Waals surface area contributed by atoms with Gasteiger partial charge in [-0.1, -0.05) is 0 Å². The fraction of sp³-hybridized carbons (Fsp3) is 0.143. The molecule has 0 aliphatic rings. The third-order valence-electron chi connectivity index (χ3n) is 2.65. The second kappa shape index (κ2) is 6.42. The molecule has 2 N–H and O–H groups in total. The minimum atomic E-state index is -0.354. The monoisotopic (exact) mass is 273 g/mol. The van der Waals surface area contributed by atoms with Crippen LogP contribution in [0.3, 0.4) is 0 Å². The summed E-state index contributed by atoms with van der Waals surface area (Å²) in [6.07, 6.45) is 3.30. The van der Waals surface area contributed by atoms with E-state index in [0.717, 1.165) is 5.69 Å². The molecule has 2 rings (SSSR count). The zero-order chi connectivity index (χ0) is 14.4. The zero-order valence-electron chi connectivity index (χ0n) is 11.2. The van der Waals surface area contributed by atoms with Crippen LogP contribution in [0, 0.1) is 0 Å². The highest BCUT2D eigenvalue weighted by molar-refractivity contribution is 5.97. The van der Waals surface area contributed by atoms with Crippen LogP contribution in [0.25, 0.3) is 0 Å². The Balaban J connectivity index is 2.09. The predicted molar refractivity (Wildman–Crippen MR) is 75.4 cm³/mol. The Morgan fingerprint density at radius 1 is 1.30 bits per heavy atom. The van der Waals surface area contributed by atoms with Crippen LogP contribution in [0.4, 0.5) is 0 Å². The number of aromatic amines is 1. The lowest BCUT2D eigenvalue weighted by molar-refractivity contribution is 0.0952. The van der Waals surface area contributed by atoms with Crippen LogP contribution in [0.2, 0.25) is 0 Å². The number of amides is 1. The fourth-order valence-corrected chi connectivity index (χ4v) is 1.63. The maximum absolute atomic E-state index is 12.0. The number of benzene rings is 1. The smallest absolute Gasteiger partial charge is 0.275 e. The minimum absolute atomic E-state index is 0.354. The molecular formula is C14H15N3O3. The molecule has 6 nitrogen and oxygen atoms in total. The van der Waals surface area contributed by atoms with Crippen molar-refractivity contribution in [2.24, 2.45) is 5.10 Å². The van der Waals surface area contributed by atoms with E-state index in [1.165, 1.54) is 13.3 Å². The number of hydrazone groups is 1. The summed E-state index contributed by atoms with van der Waals surface area (Å²) >= 11 is 0. The summed E-state index contributed by atoms with van der Waals surface area (Å²) in [5.41, 5.74) is 3.62. The third-order valence-corrected chi connectivity index (χ3v) is 2.65. The average molecular weight is 273 g/mol. The first-order chi connectivity index (χ1) is 9.74. The van der Waals surface area contributed by atoms with Gasteiger partial charge in [0, 0.05) is 12.3 Å². The average Bonchev–Trinajstić information content (AvgIpc) is 2.99. The van der Waals surface area contributed by atoms with Gasteiger partial charge in [0.05, 0.1) is 31.7 Å². The molecule has 0 bridgehead atoms. The molecular weight excluding hydrogens is 258 g/mol. The zero-order valence-corrected chi connectivity index (χ0v) is 11.2. The van der Waals surface area contributed by atoms with Crippen molar-refractivity contribution in [2.75, 3.05) is 14.2 Å². The number of carbonyl (C=O) groups is 1. The number of hydrogen-bond acceptors (Lipinski definition) is 4. The lowest BCUT2D eigenvalue weighted by Crippen LogP contribution is -2.18. The van der Waals surface area contributed by atoms with E-state index in [0.29, 0.717) is 17.1 Å². The Morgan fingerprint density at radius 2 is 2.15 bits per heavy atom. The summed E-state index contributed by atoms with van der Waals surface area (Å²) in [5, 5.41) is 3.87. The molecule has 0 spiro atoms. The van der Waals surface area contributed by atoms with Crippen molar-refractivity contribution in [1.82, 2.24) is 10.4 Å². The summed E-state index contributed by atoms with van der Waals surface area (Å²) < 4.78 is 10.2. The number of aromatic nitrogens is 1. The summed E-state index contributed by atoms with van der Waals surface area (Å²) in [7, 11) is 3.04. The summed E-state index contributed by atoms with van der Waals surface area (Å²) in [6, 6.07) is 8.63. The fourth-order valence-electron chi connectivity index (χ4n) is 1.63. The molecule has 2 aromatic rings. The molecule has 0 saturated carbocycles. The molecule has 0 radical (unpaired) electrons. The Hall–Kier alpha value is -2.76. The molecule has 1 amide bonds. The standard InChI is InChI=1S/C14H15N3O3/c1-19-11-5-6-12(13(8-11)20-2)14(18)17-16-9-10-4-3-7-15-10/h3-9,15H,1-2H3,(H,17,18)/b16-9-. The summed E-state index contributed by atoms with van der Waals surface area (Å²) in [5.74, 6) is 0.692. The highest BCUT2D eigenvalue weighted by atomic mass is 16.5. The van der Waals surface area contributed by atoms with Crippen molar-refractivity contribution in [3.63, 3.8) is 0 Å². The van der Waals surface area contributed by atoms with Gasteiger partial charge in [0.1, 0.15) is 11.5 Å². The van der Waals surface area contributed by atoms with Crippen LogP contribution in [-0.2, 0) is 0 Å². The van der Waals surface area contributed by atoms with Crippen LogP contribution >= 0.6 is 0 Å². The second-order valence-electron chi connectivity index (χ2n) is 3.89. The van der Waals surface area contributed by atoms with Crippen molar-refractivity contribution in [3.8, 4) is 11.5 Å². The molecule has 0 fully saturated rings. The first kappa shape index (κ1) is 13.7. The van der Waals surface area contributed by atoms with E-state index in [1.54, 1.807) is 31.5 Å². The van der Waals surface area contributed by atoms with Crippen molar-refractivity contribution >= 4 is 12.1 Å². The molecule has 0 saturated heterocycles. The Morgan fingerprint density at radius 3 is 2.80 bits per heavy atom. The van der Waals surface area contributed by atoms with Crippen LogP contribution in [-0.4, -0.2) is 31.3 Å². The van der Waals surface area contributed by atoms with E-state index in [9.17, 15) is 4.79 Å². The van der Waals surface area contributed by atoms with Gasteiger partial charge in [0.2, 0.25) is 0 Å². The Bertz CT molecular complexity index is 606. The second-order valence-corrected chi connectivity index (χ2v) is 3.89. The number of nitrogens with one attached hydrogen (secondary N) is 2. The number of H-pyrrole nitrogens is 1. The van der Waals surface area contributed by atoms with E-state index in [4.69, 9.17) is 9.47 Å². The van der Waals surface area contributed by atoms with E-state index in [-0.39, 0.29) is 5.91 Å². The van der Waals surface area contributed by atoms with Crippen molar-refractivity contribution in [1.29, 1.82) is 0 Å². The molecule has 104 valence electrons. The quantitative estimate of drug-likeness (QED) is 0.644. The summed E-state index contributed by atoms with van der Waals surface area (Å²) in [4.78, 5) is 14.9. The van der Waals surface area contributed by atoms with Crippen LogP contribution < -0.4 is 14.9 Å².